The van der Waals surface area contributed by atoms with Gasteiger partial charge in [-0.05, 0) is 30.0 Å². The summed E-state index contributed by atoms with van der Waals surface area (Å²) in [4.78, 5) is 4.28. The maximum atomic E-state index is 5.59. The third-order valence-electron chi connectivity index (χ3n) is 3.33. The van der Waals surface area contributed by atoms with Gasteiger partial charge in [-0.1, -0.05) is 27.7 Å². The maximum Gasteiger partial charge on any atom is 0.0501 e. The highest BCUT2D eigenvalue weighted by atomic mass is 14.9. The molecule has 0 fully saturated rings. The van der Waals surface area contributed by atoms with Gasteiger partial charge >= 0.3 is 0 Å². The summed E-state index contributed by atoms with van der Waals surface area (Å²) in [7, 11) is 0. The van der Waals surface area contributed by atoms with Crippen LogP contribution in [0.15, 0.2) is 18.3 Å². The van der Waals surface area contributed by atoms with Crippen molar-refractivity contribution in [1.29, 1.82) is 0 Å². The summed E-state index contributed by atoms with van der Waals surface area (Å²) in [6.45, 7) is 11.1. The molecule has 0 aromatic carbocycles. The number of nitrogens with one attached hydrogen (secondary N) is 1. The van der Waals surface area contributed by atoms with E-state index in [-0.39, 0.29) is 0 Å². The Morgan fingerprint density at radius 2 is 2.06 bits per heavy atom. The predicted octanol–water partition coefficient (Wildman–Crippen LogP) is 2.48. The predicted molar refractivity (Wildman–Crippen MR) is 73.8 cm³/mol. The number of nitrogens with zero attached hydrogens (tertiary/aromatic N) is 1. The molecule has 3 heteroatoms. The van der Waals surface area contributed by atoms with E-state index in [4.69, 9.17) is 5.73 Å². The highest BCUT2D eigenvalue weighted by molar-refractivity contribution is 5.34. The van der Waals surface area contributed by atoms with Crippen molar-refractivity contribution in [3.05, 3.63) is 24.0 Å². The molecule has 0 radical (unpaired) electrons. The summed E-state index contributed by atoms with van der Waals surface area (Å²) in [5.41, 5.74) is 7.78. The van der Waals surface area contributed by atoms with Crippen LogP contribution in [0.3, 0.4) is 0 Å². The average Bonchev–Trinajstić information content (AvgIpc) is 2.25. The van der Waals surface area contributed by atoms with E-state index in [1.807, 2.05) is 12.1 Å². The lowest BCUT2D eigenvalue weighted by atomic mass is 9.82. The smallest absolute Gasteiger partial charge is 0.0501 e. The Balaban J connectivity index is 2.23. The number of hydrogen-bond acceptors (Lipinski definition) is 3. The molecule has 1 aromatic rings. The first-order chi connectivity index (χ1) is 7.89. The van der Waals surface area contributed by atoms with E-state index in [1.165, 1.54) is 0 Å². The van der Waals surface area contributed by atoms with Gasteiger partial charge in [0.2, 0.25) is 0 Å². The van der Waals surface area contributed by atoms with Crippen molar-refractivity contribution in [2.75, 3.05) is 18.8 Å². The molecule has 1 heterocycles. The van der Waals surface area contributed by atoms with E-state index < -0.39 is 0 Å². The van der Waals surface area contributed by atoms with E-state index >= 15 is 0 Å². The lowest BCUT2D eigenvalue weighted by Crippen LogP contribution is -2.30. The van der Waals surface area contributed by atoms with E-state index in [1.54, 1.807) is 6.20 Å². The topological polar surface area (TPSA) is 50.9 Å². The summed E-state index contributed by atoms with van der Waals surface area (Å²) in [6, 6.07) is 3.89. The second kappa shape index (κ2) is 6.01. The molecule has 0 amide bonds. The zero-order valence-electron chi connectivity index (χ0n) is 11.5. The minimum Gasteiger partial charge on any atom is -0.397 e. The molecule has 0 aliphatic carbocycles. The highest BCUT2D eigenvalue weighted by Gasteiger charge is 2.18. The van der Waals surface area contributed by atoms with Crippen molar-refractivity contribution in [1.82, 2.24) is 10.3 Å². The van der Waals surface area contributed by atoms with Crippen LogP contribution in [-0.4, -0.2) is 18.1 Å². The summed E-state index contributed by atoms with van der Waals surface area (Å²) < 4.78 is 0. The zero-order valence-corrected chi connectivity index (χ0v) is 11.5. The van der Waals surface area contributed by atoms with Gasteiger partial charge in [0.05, 0.1) is 11.9 Å². The van der Waals surface area contributed by atoms with Gasteiger partial charge in [-0.3, -0.25) is 4.98 Å². The van der Waals surface area contributed by atoms with Crippen molar-refractivity contribution in [2.24, 2.45) is 11.3 Å². The Hall–Kier alpha value is -1.09. The molecule has 1 aromatic heterocycles. The average molecular weight is 235 g/mol. The van der Waals surface area contributed by atoms with Gasteiger partial charge in [-0.15, -0.1) is 0 Å². The van der Waals surface area contributed by atoms with Crippen LogP contribution < -0.4 is 11.1 Å². The molecule has 0 saturated carbocycles. The molecule has 0 aliphatic heterocycles. The minimum absolute atomic E-state index is 0.368. The number of nitrogens with two attached hydrogens (primary N) is 1. The van der Waals surface area contributed by atoms with Crippen LogP contribution in [0.4, 0.5) is 5.69 Å². The summed E-state index contributed by atoms with van der Waals surface area (Å²) in [6.07, 6.45) is 2.67. The van der Waals surface area contributed by atoms with Crippen molar-refractivity contribution < 1.29 is 0 Å². The van der Waals surface area contributed by atoms with E-state index in [2.05, 4.69) is 38.0 Å². The highest BCUT2D eigenvalue weighted by Crippen LogP contribution is 2.24. The summed E-state index contributed by atoms with van der Waals surface area (Å²) >= 11 is 0. The van der Waals surface area contributed by atoms with Crippen molar-refractivity contribution in [3.8, 4) is 0 Å². The molecule has 1 atom stereocenters. The quantitative estimate of drug-likeness (QED) is 0.771. The standard InChI is InChI=1S/C14H25N3/c1-11(14(2,3)4)9-16-8-7-13-6-5-12(15)10-17-13/h5-6,10-11,16H,7-9,15H2,1-4H3. The summed E-state index contributed by atoms with van der Waals surface area (Å²) in [5.74, 6) is 0.668. The van der Waals surface area contributed by atoms with Crippen LogP contribution in [0.25, 0.3) is 0 Å². The second-order valence-corrected chi connectivity index (χ2v) is 5.80. The van der Waals surface area contributed by atoms with Crippen LogP contribution in [0.5, 0.6) is 0 Å². The molecule has 3 N–H and O–H groups in total. The third-order valence-corrected chi connectivity index (χ3v) is 3.33. The van der Waals surface area contributed by atoms with Crippen LogP contribution in [-0.2, 0) is 6.42 Å². The van der Waals surface area contributed by atoms with E-state index in [0.29, 0.717) is 11.3 Å². The van der Waals surface area contributed by atoms with Crippen LogP contribution in [0.2, 0.25) is 0 Å². The Kier molecular flexibility index (Phi) is 4.94. The fraction of sp³-hybridized carbons (Fsp3) is 0.643. The number of nitrogen functional groups attached to an aromatic ring is 1. The molecule has 17 heavy (non-hydrogen) atoms. The number of pyridine rings is 1. The van der Waals surface area contributed by atoms with Gasteiger partial charge in [0.15, 0.2) is 0 Å². The maximum absolute atomic E-state index is 5.59. The molecule has 3 nitrogen and oxygen atoms in total. The Labute approximate surface area is 105 Å². The molecule has 96 valence electrons. The fourth-order valence-electron chi connectivity index (χ4n) is 1.43. The monoisotopic (exact) mass is 235 g/mol. The number of hydrogen-bond donors (Lipinski definition) is 2. The zero-order chi connectivity index (χ0) is 12.9. The van der Waals surface area contributed by atoms with Gasteiger partial charge < -0.3 is 11.1 Å². The van der Waals surface area contributed by atoms with Gasteiger partial charge in [0.1, 0.15) is 0 Å². The molecular weight excluding hydrogens is 210 g/mol. The molecule has 0 spiro atoms. The fourth-order valence-corrected chi connectivity index (χ4v) is 1.43. The van der Waals surface area contributed by atoms with E-state index in [0.717, 1.165) is 30.9 Å². The normalized spacial score (nSPS) is 13.6. The van der Waals surface area contributed by atoms with Gasteiger partial charge in [-0.25, -0.2) is 0 Å². The molecule has 0 bridgehead atoms. The van der Waals surface area contributed by atoms with Crippen LogP contribution >= 0.6 is 0 Å². The molecule has 1 rings (SSSR count). The number of aromatic nitrogens is 1. The molecule has 0 saturated heterocycles. The number of anilines is 1. The Morgan fingerprint density at radius 3 is 2.59 bits per heavy atom. The molecule has 0 aliphatic rings. The van der Waals surface area contributed by atoms with Crippen LogP contribution in [0.1, 0.15) is 33.4 Å². The first kappa shape index (κ1) is 14.0. The van der Waals surface area contributed by atoms with Crippen molar-refractivity contribution in [3.63, 3.8) is 0 Å². The number of rotatable bonds is 5. The van der Waals surface area contributed by atoms with E-state index in [9.17, 15) is 0 Å². The van der Waals surface area contributed by atoms with Gasteiger partial charge in [-0.2, -0.15) is 0 Å². The lowest BCUT2D eigenvalue weighted by Gasteiger charge is -2.27. The van der Waals surface area contributed by atoms with Gasteiger partial charge in [0.25, 0.3) is 0 Å². The first-order valence-corrected chi connectivity index (χ1v) is 6.30. The van der Waals surface area contributed by atoms with Crippen molar-refractivity contribution in [2.45, 2.75) is 34.1 Å². The second-order valence-electron chi connectivity index (χ2n) is 5.80. The lowest BCUT2D eigenvalue weighted by molar-refractivity contribution is 0.253. The Morgan fingerprint density at radius 1 is 1.35 bits per heavy atom. The molecule has 1 unspecified atom stereocenters. The first-order valence-electron chi connectivity index (χ1n) is 6.30. The van der Waals surface area contributed by atoms with Gasteiger partial charge in [0, 0.05) is 18.7 Å². The Bertz CT molecular complexity index is 324. The third kappa shape index (κ3) is 5.18. The van der Waals surface area contributed by atoms with Crippen LogP contribution in [0, 0.1) is 11.3 Å². The SMILES string of the molecule is CC(CNCCc1ccc(N)cn1)C(C)(C)C. The van der Waals surface area contributed by atoms with Crippen molar-refractivity contribution >= 4 is 5.69 Å². The largest absolute Gasteiger partial charge is 0.397 e. The summed E-state index contributed by atoms with van der Waals surface area (Å²) in [5, 5.41) is 3.48. The molecular formula is C14H25N3. The minimum atomic E-state index is 0.368.